The Labute approximate surface area is 132 Å². The fourth-order valence-electron chi connectivity index (χ4n) is 2.14. The first kappa shape index (κ1) is 16.9. The lowest BCUT2D eigenvalue weighted by atomic mass is 10.1. The van der Waals surface area contributed by atoms with E-state index in [-0.39, 0.29) is 12.2 Å². The summed E-state index contributed by atoms with van der Waals surface area (Å²) in [5.41, 5.74) is 1.70. The predicted molar refractivity (Wildman–Crippen MR) is 84.5 cm³/mol. The predicted octanol–water partition coefficient (Wildman–Crippen LogP) is 4.37. The number of nitrogens with one attached hydrogen (secondary N) is 2. The van der Waals surface area contributed by atoms with Crippen molar-refractivity contribution in [3.8, 4) is 0 Å². The number of para-hydroxylation sites is 1. The van der Waals surface area contributed by atoms with Crippen LogP contribution in [0.3, 0.4) is 0 Å². The number of rotatable bonds is 4. The van der Waals surface area contributed by atoms with Crippen molar-refractivity contribution in [2.24, 2.45) is 0 Å². The molecule has 2 N–H and O–H groups in total. The monoisotopic (exact) mass is 322 g/mol. The van der Waals surface area contributed by atoms with Crippen LogP contribution in [0, 0.1) is 13.8 Å². The number of halogens is 3. The topological polar surface area (TPSA) is 41.1 Å². The SMILES string of the molecule is Cc1cccc(NC(=O)CNc2ccccc2C(F)(F)F)c1C. The number of amides is 1. The Hall–Kier alpha value is -2.50. The summed E-state index contributed by atoms with van der Waals surface area (Å²) >= 11 is 0. The number of hydrogen-bond acceptors (Lipinski definition) is 2. The van der Waals surface area contributed by atoms with Gasteiger partial charge in [-0.15, -0.1) is 0 Å². The third-order valence-corrected chi connectivity index (χ3v) is 3.55. The fourth-order valence-corrected chi connectivity index (χ4v) is 2.14. The Bertz CT molecular complexity index is 711. The molecule has 0 bridgehead atoms. The molecule has 0 radical (unpaired) electrons. The van der Waals surface area contributed by atoms with Crippen molar-refractivity contribution in [1.82, 2.24) is 0 Å². The minimum Gasteiger partial charge on any atom is -0.376 e. The molecule has 0 fully saturated rings. The van der Waals surface area contributed by atoms with Crippen LogP contribution in [-0.2, 0) is 11.0 Å². The number of benzene rings is 2. The zero-order valence-electron chi connectivity index (χ0n) is 12.8. The molecule has 0 aliphatic rings. The van der Waals surface area contributed by atoms with Gasteiger partial charge in [-0.25, -0.2) is 0 Å². The molecule has 122 valence electrons. The molecule has 6 heteroatoms. The molecule has 3 nitrogen and oxygen atoms in total. The van der Waals surface area contributed by atoms with Crippen LogP contribution in [0.5, 0.6) is 0 Å². The van der Waals surface area contributed by atoms with E-state index < -0.39 is 17.6 Å². The fraction of sp³-hybridized carbons (Fsp3) is 0.235. The van der Waals surface area contributed by atoms with Crippen molar-refractivity contribution in [3.05, 3.63) is 59.2 Å². The van der Waals surface area contributed by atoms with Crippen LogP contribution < -0.4 is 10.6 Å². The first-order valence-corrected chi connectivity index (χ1v) is 7.05. The van der Waals surface area contributed by atoms with Crippen molar-refractivity contribution in [2.75, 3.05) is 17.2 Å². The normalized spacial score (nSPS) is 11.2. The van der Waals surface area contributed by atoms with Crippen LogP contribution in [0.15, 0.2) is 42.5 Å². The molecule has 23 heavy (non-hydrogen) atoms. The molecule has 0 saturated heterocycles. The molecule has 2 rings (SSSR count). The lowest BCUT2D eigenvalue weighted by Gasteiger charge is -2.15. The van der Waals surface area contributed by atoms with Gasteiger partial charge >= 0.3 is 6.18 Å². The van der Waals surface area contributed by atoms with Gasteiger partial charge in [0.2, 0.25) is 5.91 Å². The Morgan fingerprint density at radius 3 is 2.35 bits per heavy atom. The van der Waals surface area contributed by atoms with Crippen molar-refractivity contribution in [2.45, 2.75) is 20.0 Å². The second-order valence-corrected chi connectivity index (χ2v) is 5.19. The average molecular weight is 322 g/mol. The van der Waals surface area contributed by atoms with Gasteiger partial charge in [0.1, 0.15) is 0 Å². The zero-order chi connectivity index (χ0) is 17.0. The van der Waals surface area contributed by atoms with E-state index in [2.05, 4.69) is 10.6 Å². The van der Waals surface area contributed by atoms with Gasteiger partial charge < -0.3 is 10.6 Å². The third-order valence-electron chi connectivity index (χ3n) is 3.55. The zero-order valence-corrected chi connectivity index (χ0v) is 12.8. The molecule has 2 aromatic carbocycles. The molecule has 0 atom stereocenters. The maximum Gasteiger partial charge on any atom is 0.418 e. The highest BCUT2D eigenvalue weighted by molar-refractivity contribution is 5.94. The minimum absolute atomic E-state index is 0.115. The van der Waals surface area contributed by atoms with E-state index >= 15 is 0 Å². The van der Waals surface area contributed by atoms with Gasteiger partial charge in [-0.05, 0) is 43.2 Å². The second kappa shape index (κ2) is 6.73. The van der Waals surface area contributed by atoms with Gasteiger partial charge in [0.15, 0.2) is 0 Å². The largest absolute Gasteiger partial charge is 0.418 e. The van der Waals surface area contributed by atoms with E-state index in [0.717, 1.165) is 17.2 Å². The lowest BCUT2D eigenvalue weighted by molar-refractivity contribution is -0.137. The van der Waals surface area contributed by atoms with Crippen molar-refractivity contribution in [1.29, 1.82) is 0 Å². The van der Waals surface area contributed by atoms with Crippen LogP contribution in [0.1, 0.15) is 16.7 Å². The van der Waals surface area contributed by atoms with Crippen LogP contribution in [0.2, 0.25) is 0 Å². The summed E-state index contributed by atoms with van der Waals surface area (Å²) in [6, 6.07) is 10.6. The summed E-state index contributed by atoms with van der Waals surface area (Å²) in [4.78, 5) is 12.0. The standard InChI is InChI=1S/C17H17F3N2O/c1-11-6-5-9-14(12(11)2)22-16(23)10-21-15-8-4-3-7-13(15)17(18,19)20/h3-9,21H,10H2,1-2H3,(H,22,23). The number of hydrogen-bond donors (Lipinski definition) is 2. The molecule has 2 aromatic rings. The minimum atomic E-state index is -4.47. The summed E-state index contributed by atoms with van der Waals surface area (Å²) in [7, 11) is 0. The van der Waals surface area contributed by atoms with Crippen LogP contribution in [0.4, 0.5) is 24.5 Å². The Morgan fingerprint density at radius 2 is 1.65 bits per heavy atom. The molecule has 0 aromatic heterocycles. The first-order valence-electron chi connectivity index (χ1n) is 7.05. The summed E-state index contributed by atoms with van der Waals surface area (Å²) in [6.45, 7) is 3.54. The molecular formula is C17H17F3N2O. The van der Waals surface area contributed by atoms with Crippen molar-refractivity contribution < 1.29 is 18.0 Å². The highest BCUT2D eigenvalue weighted by atomic mass is 19.4. The Balaban J connectivity index is 2.04. The van der Waals surface area contributed by atoms with Gasteiger partial charge in [0.25, 0.3) is 0 Å². The van der Waals surface area contributed by atoms with E-state index in [1.807, 2.05) is 26.0 Å². The smallest absolute Gasteiger partial charge is 0.376 e. The van der Waals surface area contributed by atoms with Gasteiger partial charge in [-0.1, -0.05) is 24.3 Å². The highest BCUT2D eigenvalue weighted by Gasteiger charge is 2.33. The number of anilines is 2. The van der Waals surface area contributed by atoms with Gasteiger partial charge in [0.05, 0.1) is 12.1 Å². The number of carbonyl (C=O) groups excluding carboxylic acids is 1. The quantitative estimate of drug-likeness (QED) is 0.877. The lowest BCUT2D eigenvalue weighted by Crippen LogP contribution is -2.23. The van der Waals surface area contributed by atoms with Crippen molar-refractivity contribution >= 4 is 17.3 Å². The van der Waals surface area contributed by atoms with E-state index in [0.29, 0.717) is 5.69 Å². The Morgan fingerprint density at radius 1 is 1.00 bits per heavy atom. The van der Waals surface area contributed by atoms with Crippen LogP contribution in [-0.4, -0.2) is 12.5 Å². The first-order chi connectivity index (χ1) is 10.8. The molecule has 0 heterocycles. The summed E-state index contributed by atoms with van der Waals surface area (Å²) < 4.78 is 38.6. The Kier molecular flexibility index (Phi) is 4.93. The molecule has 0 unspecified atom stereocenters. The molecule has 0 aliphatic carbocycles. The van der Waals surface area contributed by atoms with E-state index in [4.69, 9.17) is 0 Å². The number of aryl methyl sites for hydroxylation is 1. The molecular weight excluding hydrogens is 305 g/mol. The average Bonchev–Trinajstić information content (AvgIpc) is 2.49. The third kappa shape index (κ3) is 4.25. The van der Waals surface area contributed by atoms with E-state index in [1.54, 1.807) is 6.07 Å². The second-order valence-electron chi connectivity index (χ2n) is 5.19. The highest BCUT2D eigenvalue weighted by Crippen LogP contribution is 2.34. The molecule has 0 aliphatic heterocycles. The molecule has 0 spiro atoms. The summed E-state index contributed by atoms with van der Waals surface area (Å²) in [5.74, 6) is -0.407. The maximum atomic E-state index is 12.9. The van der Waals surface area contributed by atoms with E-state index in [1.165, 1.54) is 18.2 Å². The number of carbonyl (C=O) groups is 1. The summed E-state index contributed by atoms with van der Waals surface area (Å²) in [6.07, 6.45) is -4.47. The number of alkyl halides is 3. The van der Waals surface area contributed by atoms with Crippen LogP contribution in [0.25, 0.3) is 0 Å². The molecule has 1 amide bonds. The van der Waals surface area contributed by atoms with Crippen molar-refractivity contribution in [3.63, 3.8) is 0 Å². The summed E-state index contributed by atoms with van der Waals surface area (Å²) in [5, 5.41) is 5.24. The van der Waals surface area contributed by atoms with Crippen LogP contribution >= 0.6 is 0 Å². The molecule has 0 saturated carbocycles. The maximum absolute atomic E-state index is 12.9. The van der Waals surface area contributed by atoms with Gasteiger partial charge in [-0.2, -0.15) is 13.2 Å². The van der Waals surface area contributed by atoms with Gasteiger partial charge in [0, 0.05) is 11.4 Å². The van der Waals surface area contributed by atoms with Gasteiger partial charge in [-0.3, -0.25) is 4.79 Å². The van der Waals surface area contributed by atoms with E-state index in [9.17, 15) is 18.0 Å².